The molecular weight excluding hydrogens is 342 g/mol. The Bertz CT molecular complexity index is 597. The van der Waals surface area contributed by atoms with Crippen molar-refractivity contribution in [1.29, 1.82) is 0 Å². The highest BCUT2D eigenvalue weighted by Crippen LogP contribution is 2.36. The molecule has 0 spiro atoms. The second kappa shape index (κ2) is 9.17. The van der Waals surface area contributed by atoms with Crippen molar-refractivity contribution in [3.8, 4) is 12.3 Å². The predicted molar refractivity (Wildman–Crippen MR) is 91.0 cm³/mol. The third-order valence-corrected chi connectivity index (χ3v) is 3.37. The fraction of sp³-hybridized carbons (Fsp3) is 0.706. The van der Waals surface area contributed by atoms with E-state index in [0.717, 1.165) is 0 Å². The molecule has 1 N–H and O–H groups in total. The molecule has 1 aliphatic rings. The van der Waals surface area contributed by atoms with Crippen LogP contribution in [-0.4, -0.2) is 49.1 Å². The van der Waals surface area contributed by atoms with E-state index in [1.54, 1.807) is 20.8 Å². The fourth-order valence-corrected chi connectivity index (χ4v) is 1.98. The molecule has 0 unspecified atom stereocenters. The first-order chi connectivity index (χ1) is 12.1. The summed E-state index contributed by atoms with van der Waals surface area (Å²) < 4.78 is 14.8. The monoisotopic (exact) mass is 367 g/mol. The Morgan fingerprint density at radius 2 is 1.88 bits per heavy atom. The topological polar surface area (TPSA) is 116 Å². The van der Waals surface area contributed by atoms with Crippen LogP contribution in [0.15, 0.2) is 10.2 Å². The minimum Gasteiger partial charge on any atom is -0.469 e. The van der Waals surface area contributed by atoms with E-state index in [2.05, 4.69) is 26.2 Å². The number of terminal acetylenes is 1. The summed E-state index contributed by atoms with van der Waals surface area (Å²) in [5, 5.41) is 10.2. The Hall–Kier alpha value is -2.63. The molecule has 1 atom stereocenters. The number of methoxy groups -OCH3 is 1. The van der Waals surface area contributed by atoms with Crippen LogP contribution in [0.25, 0.3) is 0 Å². The standard InChI is InChI=1S/C17H25N3O6/c1-6-7-8-17(19-20-17)9-10-25-14(22)12(11-13(21)24-5)18-15(23)26-16(2,3)4/h1,12H,7-11H2,2-5H3,(H,18,23)/t12-/m1/s1. The van der Waals surface area contributed by atoms with Crippen LogP contribution < -0.4 is 5.32 Å². The highest BCUT2D eigenvalue weighted by Gasteiger charge is 2.39. The summed E-state index contributed by atoms with van der Waals surface area (Å²) in [5.74, 6) is 1.07. The second-order valence-corrected chi connectivity index (χ2v) is 6.78. The van der Waals surface area contributed by atoms with Crippen molar-refractivity contribution in [3.63, 3.8) is 0 Å². The summed E-state index contributed by atoms with van der Waals surface area (Å²) in [6.45, 7) is 5.07. The van der Waals surface area contributed by atoms with E-state index in [1.165, 1.54) is 7.11 Å². The maximum absolute atomic E-state index is 12.2. The van der Waals surface area contributed by atoms with Crippen molar-refractivity contribution in [2.75, 3.05) is 13.7 Å². The lowest BCUT2D eigenvalue weighted by molar-refractivity contribution is -0.151. The number of carbonyl (C=O) groups excluding carboxylic acids is 3. The third-order valence-electron chi connectivity index (χ3n) is 3.37. The van der Waals surface area contributed by atoms with Crippen molar-refractivity contribution in [3.05, 3.63) is 0 Å². The number of nitrogens with one attached hydrogen (secondary N) is 1. The van der Waals surface area contributed by atoms with Crippen molar-refractivity contribution in [2.45, 2.75) is 63.8 Å². The highest BCUT2D eigenvalue weighted by molar-refractivity contribution is 5.86. The van der Waals surface area contributed by atoms with Gasteiger partial charge >= 0.3 is 18.0 Å². The molecule has 1 aliphatic heterocycles. The Morgan fingerprint density at radius 3 is 2.38 bits per heavy atom. The number of hydrogen-bond donors (Lipinski definition) is 1. The smallest absolute Gasteiger partial charge is 0.408 e. The van der Waals surface area contributed by atoms with Gasteiger partial charge in [-0.2, -0.15) is 10.2 Å². The molecule has 26 heavy (non-hydrogen) atoms. The van der Waals surface area contributed by atoms with E-state index in [1.807, 2.05) is 0 Å². The van der Waals surface area contributed by atoms with Gasteiger partial charge in [0.25, 0.3) is 0 Å². The quantitative estimate of drug-likeness (QED) is 0.378. The lowest BCUT2D eigenvalue weighted by Crippen LogP contribution is -2.45. The van der Waals surface area contributed by atoms with Crippen LogP contribution >= 0.6 is 0 Å². The van der Waals surface area contributed by atoms with E-state index in [9.17, 15) is 14.4 Å². The van der Waals surface area contributed by atoms with Crippen LogP contribution in [0.2, 0.25) is 0 Å². The first kappa shape index (κ1) is 21.4. The van der Waals surface area contributed by atoms with Gasteiger partial charge in [0.1, 0.15) is 11.6 Å². The van der Waals surface area contributed by atoms with Crippen molar-refractivity contribution in [1.82, 2.24) is 5.32 Å². The van der Waals surface area contributed by atoms with Gasteiger partial charge in [0.2, 0.25) is 0 Å². The van der Waals surface area contributed by atoms with Crippen molar-refractivity contribution >= 4 is 18.0 Å². The number of ether oxygens (including phenoxy) is 3. The van der Waals surface area contributed by atoms with Crippen LogP contribution in [0.1, 0.15) is 46.5 Å². The van der Waals surface area contributed by atoms with Gasteiger partial charge in [-0.25, -0.2) is 9.59 Å². The average molecular weight is 367 g/mol. The highest BCUT2D eigenvalue weighted by atomic mass is 16.6. The summed E-state index contributed by atoms with van der Waals surface area (Å²) >= 11 is 0. The zero-order valence-electron chi connectivity index (χ0n) is 15.5. The maximum atomic E-state index is 12.2. The van der Waals surface area contributed by atoms with E-state index in [-0.39, 0.29) is 13.0 Å². The van der Waals surface area contributed by atoms with Crippen LogP contribution in [-0.2, 0) is 23.8 Å². The lowest BCUT2D eigenvalue weighted by atomic mass is 10.1. The Morgan fingerprint density at radius 1 is 1.23 bits per heavy atom. The largest absolute Gasteiger partial charge is 0.469 e. The Kier molecular flexibility index (Phi) is 7.56. The number of amides is 1. The summed E-state index contributed by atoms with van der Waals surface area (Å²) in [6, 6.07) is -1.22. The van der Waals surface area contributed by atoms with Gasteiger partial charge in [0.15, 0.2) is 5.66 Å². The van der Waals surface area contributed by atoms with Gasteiger partial charge in [0, 0.05) is 19.3 Å². The molecule has 0 aromatic rings. The summed E-state index contributed by atoms with van der Waals surface area (Å²) in [5.41, 5.74) is -1.33. The number of hydrogen-bond acceptors (Lipinski definition) is 8. The van der Waals surface area contributed by atoms with Gasteiger partial charge in [-0.1, -0.05) is 0 Å². The van der Waals surface area contributed by atoms with E-state index in [4.69, 9.17) is 15.9 Å². The molecule has 0 bridgehead atoms. The zero-order chi connectivity index (χ0) is 19.8. The maximum Gasteiger partial charge on any atom is 0.408 e. The molecule has 9 nitrogen and oxygen atoms in total. The molecule has 1 amide bonds. The van der Waals surface area contributed by atoms with Crippen LogP contribution in [0, 0.1) is 12.3 Å². The molecular formula is C17H25N3O6. The van der Waals surface area contributed by atoms with Crippen LogP contribution in [0.3, 0.4) is 0 Å². The number of alkyl carbamates (subject to hydrolysis) is 1. The minimum atomic E-state index is -1.22. The molecule has 0 aromatic heterocycles. The summed E-state index contributed by atoms with van der Waals surface area (Å²) in [6.07, 6.45) is 5.51. The third kappa shape index (κ3) is 7.96. The normalized spacial score (nSPS) is 15.3. The Labute approximate surface area is 152 Å². The van der Waals surface area contributed by atoms with E-state index in [0.29, 0.717) is 19.3 Å². The molecule has 0 saturated heterocycles. The number of rotatable bonds is 9. The zero-order valence-corrected chi connectivity index (χ0v) is 15.5. The number of esters is 2. The molecule has 0 aromatic carbocycles. The van der Waals surface area contributed by atoms with E-state index >= 15 is 0 Å². The second-order valence-electron chi connectivity index (χ2n) is 6.78. The SMILES string of the molecule is C#CCCC1(CCOC(=O)[C@@H](CC(=O)OC)NC(=O)OC(C)(C)C)N=N1. The fourth-order valence-electron chi connectivity index (χ4n) is 1.98. The number of carbonyl (C=O) groups is 3. The first-order valence-electron chi connectivity index (χ1n) is 8.21. The molecule has 1 heterocycles. The molecule has 0 aliphatic carbocycles. The number of nitrogens with zero attached hydrogens (tertiary/aromatic N) is 2. The summed E-state index contributed by atoms with van der Waals surface area (Å²) in [7, 11) is 1.18. The summed E-state index contributed by atoms with van der Waals surface area (Å²) in [4.78, 5) is 35.6. The lowest BCUT2D eigenvalue weighted by Gasteiger charge is -2.22. The molecule has 144 valence electrons. The Balaban J connectivity index is 2.54. The van der Waals surface area contributed by atoms with Crippen molar-refractivity contribution in [2.24, 2.45) is 10.2 Å². The molecule has 0 fully saturated rings. The van der Waals surface area contributed by atoms with E-state index < -0.39 is 35.3 Å². The van der Waals surface area contributed by atoms with Gasteiger partial charge in [-0.3, -0.25) is 4.79 Å². The molecule has 9 heteroatoms. The molecule has 0 radical (unpaired) electrons. The van der Waals surface area contributed by atoms with Gasteiger partial charge in [-0.05, 0) is 20.8 Å². The van der Waals surface area contributed by atoms with Crippen LogP contribution in [0.5, 0.6) is 0 Å². The average Bonchev–Trinajstić information content (AvgIpc) is 3.30. The molecule has 1 rings (SSSR count). The molecule has 0 saturated carbocycles. The predicted octanol–water partition coefficient (Wildman–Crippen LogP) is 1.95. The minimum absolute atomic E-state index is 0.0318. The first-order valence-corrected chi connectivity index (χ1v) is 8.21. The van der Waals surface area contributed by atoms with Crippen molar-refractivity contribution < 1.29 is 28.6 Å². The van der Waals surface area contributed by atoms with Gasteiger partial charge in [-0.15, -0.1) is 12.3 Å². The van der Waals surface area contributed by atoms with Crippen LogP contribution in [0.4, 0.5) is 4.79 Å². The van der Waals surface area contributed by atoms with Gasteiger partial charge < -0.3 is 19.5 Å². The van der Waals surface area contributed by atoms with Gasteiger partial charge in [0.05, 0.1) is 20.1 Å².